The number of hydrogen-bond acceptors (Lipinski definition) is 5. The Balaban J connectivity index is 1.48. The van der Waals surface area contributed by atoms with Crippen LogP contribution in [-0.2, 0) is 16.0 Å². The minimum atomic E-state index is -0.276. The molecule has 4 rings (SSSR count). The van der Waals surface area contributed by atoms with Gasteiger partial charge in [0.25, 0.3) is 11.8 Å². The van der Waals surface area contributed by atoms with Gasteiger partial charge in [-0.3, -0.25) is 9.59 Å². The average Bonchev–Trinajstić information content (AvgIpc) is 3.56. The molecule has 2 fully saturated rings. The molecular weight excluding hydrogens is 408 g/mol. The number of methoxy groups -OCH3 is 1. The summed E-state index contributed by atoms with van der Waals surface area (Å²) in [7, 11) is 3.50. The van der Waals surface area contributed by atoms with Gasteiger partial charge in [-0.15, -0.1) is 0 Å². The van der Waals surface area contributed by atoms with Gasteiger partial charge < -0.3 is 23.7 Å². The van der Waals surface area contributed by atoms with Gasteiger partial charge in [-0.05, 0) is 67.9 Å². The van der Waals surface area contributed by atoms with Crippen LogP contribution in [0.4, 0.5) is 0 Å². The Morgan fingerprint density at radius 3 is 2.66 bits per heavy atom. The first kappa shape index (κ1) is 22.4. The van der Waals surface area contributed by atoms with Gasteiger partial charge in [0.15, 0.2) is 5.76 Å². The fraction of sp³-hybridized carbons (Fsp3) is 0.520. The predicted octanol–water partition coefficient (Wildman–Crippen LogP) is 3.39. The first-order valence-electron chi connectivity index (χ1n) is 11.4. The highest BCUT2D eigenvalue weighted by Gasteiger charge is 2.36. The molecule has 7 nitrogen and oxygen atoms in total. The van der Waals surface area contributed by atoms with Gasteiger partial charge in [-0.25, -0.2) is 0 Å². The van der Waals surface area contributed by atoms with Gasteiger partial charge in [-0.1, -0.05) is 12.1 Å². The second-order valence-corrected chi connectivity index (χ2v) is 8.68. The van der Waals surface area contributed by atoms with Crippen molar-refractivity contribution in [3.05, 3.63) is 54.0 Å². The lowest BCUT2D eigenvalue weighted by Crippen LogP contribution is -2.50. The number of likely N-dealkylation sites (tertiary alicyclic amines) is 1. The summed E-state index contributed by atoms with van der Waals surface area (Å²) in [6.07, 6.45) is 5.43. The van der Waals surface area contributed by atoms with E-state index < -0.39 is 0 Å². The van der Waals surface area contributed by atoms with E-state index in [4.69, 9.17) is 13.9 Å². The number of nitrogens with zero attached hydrogens (tertiary/aromatic N) is 2. The zero-order valence-electron chi connectivity index (χ0n) is 18.9. The minimum absolute atomic E-state index is 0.0142. The van der Waals surface area contributed by atoms with Crippen molar-refractivity contribution in [2.45, 2.75) is 44.2 Å². The summed E-state index contributed by atoms with van der Waals surface area (Å²) in [5, 5.41) is 0. The highest BCUT2D eigenvalue weighted by Crippen LogP contribution is 2.29. The summed E-state index contributed by atoms with van der Waals surface area (Å²) in [5.74, 6) is 1.41. The van der Waals surface area contributed by atoms with Crippen LogP contribution in [0.5, 0.6) is 5.75 Å². The lowest BCUT2D eigenvalue weighted by atomic mass is 9.84. The molecule has 3 heterocycles. The minimum Gasteiger partial charge on any atom is -0.497 e. The van der Waals surface area contributed by atoms with Crippen LogP contribution in [0.25, 0.3) is 0 Å². The number of benzene rings is 1. The first-order chi connectivity index (χ1) is 15.6. The van der Waals surface area contributed by atoms with Crippen molar-refractivity contribution in [1.29, 1.82) is 0 Å². The second-order valence-electron chi connectivity index (χ2n) is 8.68. The summed E-state index contributed by atoms with van der Waals surface area (Å²) >= 11 is 0. The van der Waals surface area contributed by atoms with E-state index in [1.165, 1.54) is 6.26 Å². The molecule has 172 valence electrons. The number of ether oxygens (including phenoxy) is 2. The standard InChI is InChI=1S/C25H32N2O5/c1-26(24(28)22-8-4-14-31-22)21(17-18-6-3-7-20(16-18)30-2)19-10-12-27(13-11-19)25(29)23-9-5-15-32-23/h3-4,6-8,14,16,19,21,23H,5,9-13,15,17H2,1-2H3/t21-,23-/m1/s1. The lowest BCUT2D eigenvalue weighted by Gasteiger charge is -2.40. The van der Waals surface area contributed by atoms with Crippen LogP contribution >= 0.6 is 0 Å². The summed E-state index contributed by atoms with van der Waals surface area (Å²) in [4.78, 5) is 29.6. The summed E-state index contributed by atoms with van der Waals surface area (Å²) in [6, 6.07) is 11.4. The largest absolute Gasteiger partial charge is 0.497 e. The maximum Gasteiger partial charge on any atom is 0.289 e. The van der Waals surface area contributed by atoms with Crippen molar-refractivity contribution in [3.63, 3.8) is 0 Å². The number of hydrogen-bond donors (Lipinski definition) is 0. The third kappa shape index (κ3) is 4.99. The van der Waals surface area contributed by atoms with E-state index in [0.717, 1.165) is 37.0 Å². The van der Waals surface area contributed by atoms with Gasteiger partial charge in [0, 0.05) is 32.8 Å². The molecule has 0 unspecified atom stereocenters. The molecule has 32 heavy (non-hydrogen) atoms. The highest BCUT2D eigenvalue weighted by molar-refractivity contribution is 5.91. The monoisotopic (exact) mass is 440 g/mol. The predicted molar refractivity (Wildman–Crippen MR) is 120 cm³/mol. The molecule has 0 saturated carbocycles. The van der Waals surface area contributed by atoms with Crippen LogP contribution in [0.1, 0.15) is 41.8 Å². The third-order valence-corrected chi connectivity index (χ3v) is 6.73. The zero-order valence-corrected chi connectivity index (χ0v) is 18.9. The van der Waals surface area contributed by atoms with Gasteiger partial charge in [0.1, 0.15) is 11.9 Å². The van der Waals surface area contributed by atoms with E-state index in [1.54, 1.807) is 24.1 Å². The maximum absolute atomic E-state index is 13.1. The van der Waals surface area contributed by atoms with E-state index in [-0.39, 0.29) is 29.9 Å². The SMILES string of the molecule is COc1cccc(C[C@H](C2CCN(C(=O)[C@H]3CCCO3)CC2)N(C)C(=O)c2ccco2)c1. The smallest absolute Gasteiger partial charge is 0.289 e. The molecule has 2 aromatic rings. The quantitative estimate of drug-likeness (QED) is 0.660. The van der Waals surface area contributed by atoms with Crippen molar-refractivity contribution in [2.24, 2.45) is 5.92 Å². The number of carbonyl (C=O) groups excluding carboxylic acids is 2. The number of amides is 2. The van der Waals surface area contributed by atoms with Crippen molar-refractivity contribution in [3.8, 4) is 5.75 Å². The van der Waals surface area contributed by atoms with Crippen LogP contribution in [-0.4, -0.2) is 67.6 Å². The molecular formula is C25H32N2O5. The molecule has 7 heteroatoms. The van der Waals surface area contributed by atoms with Crippen molar-refractivity contribution < 1.29 is 23.5 Å². The molecule has 1 aromatic heterocycles. The van der Waals surface area contributed by atoms with Crippen molar-refractivity contribution in [2.75, 3.05) is 33.9 Å². The highest BCUT2D eigenvalue weighted by atomic mass is 16.5. The Kier molecular flexibility index (Phi) is 7.15. The number of rotatable bonds is 7. The van der Waals surface area contributed by atoms with E-state index in [9.17, 15) is 9.59 Å². The van der Waals surface area contributed by atoms with E-state index >= 15 is 0 Å². The zero-order chi connectivity index (χ0) is 22.5. The Labute approximate surface area is 189 Å². The Hall–Kier alpha value is -2.80. The second kappa shape index (κ2) is 10.2. The fourth-order valence-corrected chi connectivity index (χ4v) is 4.87. The van der Waals surface area contributed by atoms with E-state index in [2.05, 4.69) is 6.07 Å². The molecule has 0 radical (unpaired) electrons. The molecule has 0 bridgehead atoms. The molecule has 0 N–H and O–H groups in total. The van der Waals surface area contributed by atoms with Crippen LogP contribution in [0.3, 0.4) is 0 Å². The topological polar surface area (TPSA) is 72.2 Å². The number of piperidine rings is 1. The Morgan fingerprint density at radius 1 is 1.19 bits per heavy atom. The normalized spacial score (nSPS) is 20.2. The fourth-order valence-electron chi connectivity index (χ4n) is 4.87. The van der Waals surface area contributed by atoms with Crippen LogP contribution < -0.4 is 4.74 Å². The molecule has 2 amide bonds. The lowest BCUT2D eigenvalue weighted by molar-refractivity contribution is -0.142. The Bertz CT molecular complexity index is 899. The van der Waals surface area contributed by atoms with Crippen LogP contribution in [0.2, 0.25) is 0 Å². The molecule has 1 aromatic carbocycles. The summed E-state index contributed by atoms with van der Waals surface area (Å²) < 4.78 is 16.3. The van der Waals surface area contributed by atoms with Gasteiger partial charge in [-0.2, -0.15) is 0 Å². The average molecular weight is 441 g/mol. The summed E-state index contributed by atoms with van der Waals surface area (Å²) in [6.45, 7) is 2.07. The number of likely N-dealkylation sites (N-methyl/N-ethyl adjacent to an activating group) is 1. The van der Waals surface area contributed by atoms with Crippen LogP contribution in [0, 0.1) is 5.92 Å². The van der Waals surface area contributed by atoms with Crippen molar-refractivity contribution >= 4 is 11.8 Å². The molecule has 0 spiro atoms. The third-order valence-electron chi connectivity index (χ3n) is 6.73. The Morgan fingerprint density at radius 2 is 2.00 bits per heavy atom. The van der Waals surface area contributed by atoms with Crippen molar-refractivity contribution in [1.82, 2.24) is 9.80 Å². The number of carbonyl (C=O) groups is 2. The van der Waals surface area contributed by atoms with E-state index in [1.807, 2.05) is 30.1 Å². The van der Waals surface area contributed by atoms with Gasteiger partial charge in [0.05, 0.1) is 13.4 Å². The molecule has 2 atom stereocenters. The van der Waals surface area contributed by atoms with E-state index in [0.29, 0.717) is 31.9 Å². The van der Waals surface area contributed by atoms with Gasteiger partial charge >= 0.3 is 0 Å². The van der Waals surface area contributed by atoms with Gasteiger partial charge in [0.2, 0.25) is 0 Å². The molecule has 2 saturated heterocycles. The maximum atomic E-state index is 13.1. The van der Waals surface area contributed by atoms with Crippen LogP contribution in [0.15, 0.2) is 47.1 Å². The first-order valence-corrected chi connectivity index (χ1v) is 11.4. The molecule has 2 aliphatic heterocycles. The molecule has 0 aliphatic carbocycles. The summed E-state index contributed by atoms with van der Waals surface area (Å²) in [5.41, 5.74) is 1.12. The molecule has 2 aliphatic rings. The number of furan rings is 1.